The van der Waals surface area contributed by atoms with E-state index < -0.39 is 25.3 Å². The van der Waals surface area contributed by atoms with Crippen LogP contribution in [0.1, 0.15) is 20.7 Å². The van der Waals surface area contributed by atoms with Crippen molar-refractivity contribution in [3.8, 4) is 11.5 Å². The van der Waals surface area contributed by atoms with Crippen molar-refractivity contribution in [2.75, 3.05) is 20.8 Å². The topological polar surface area (TPSA) is 44.5 Å². The van der Waals surface area contributed by atoms with E-state index in [1.165, 1.54) is 26.4 Å². The van der Waals surface area contributed by atoms with Gasteiger partial charge in [0.1, 0.15) is 11.5 Å². The first-order chi connectivity index (χ1) is 10.5. The highest BCUT2D eigenvalue weighted by atomic mass is 16.5. The summed E-state index contributed by atoms with van der Waals surface area (Å²) in [5.74, 6) is 0.0264. The van der Waals surface area contributed by atoms with Gasteiger partial charge in [0.05, 0.1) is 18.3 Å². The Kier molecular flexibility index (Phi) is 2.21. The number of nitrogens with two attached hydrogens (primary N) is 1. The third-order valence-corrected chi connectivity index (χ3v) is 2.01. The predicted octanol–water partition coefficient (Wildman–Crippen LogP) is 1.93. The molecule has 1 aromatic rings. The Labute approximate surface area is 107 Å². The normalized spacial score (nSPS) is 17.8. The first kappa shape index (κ1) is 5.73. The minimum absolute atomic E-state index is 0.0193. The van der Waals surface area contributed by atoms with Crippen LogP contribution in [0.2, 0.25) is 0 Å². The van der Waals surface area contributed by atoms with Crippen molar-refractivity contribution >= 4 is 0 Å². The molecule has 0 atom stereocenters. The molecule has 0 heterocycles. The van der Waals surface area contributed by atoms with Crippen LogP contribution in [-0.2, 0) is 12.7 Å². The molecule has 0 bridgehead atoms. The maximum absolute atomic E-state index is 8.02. The zero-order valence-corrected chi connectivity index (χ0v) is 9.26. The standard InChI is InChI=1S/C13H19NO2/c1-4-5-10-8-13(16-3)11(6-7-14)9-12(10)15-2/h4,8-9H,1,5-7,14H2,2-3H3/i1D2,4D,5D2,6D2. The number of hydrogen-bond donors (Lipinski definition) is 1. The van der Waals surface area contributed by atoms with E-state index in [2.05, 4.69) is 0 Å². The fourth-order valence-electron chi connectivity index (χ4n) is 1.31. The van der Waals surface area contributed by atoms with Gasteiger partial charge in [-0.1, -0.05) is 6.05 Å². The lowest BCUT2D eigenvalue weighted by Gasteiger charge is -2.13. The van der Waals surface area contributed by atoms with Gasteiger partial charge in [0.2, 0.25) is 0 Å². The first-order valence-corrected chi connectivity index (χ1v) is 4.64. The third-order valence-electron chi connectivity index (χ3n) is 2.01. The van der Waals surface area contributed by atoms with Crippen LogP contribution in [0.4, 0.5) is 0 Å². The second-order valence-corrected chi connectivity index (χ2v) is 2.88. The van der Waals surface area contributed by atoms with E-state index in [1.807, 2.05) is 0 Å². The smallest absolute Gasteiger partial charge is 0.122 e. The van der Waals surface area contributed by atoms with Gasteiger partial charge in [-0.2, -0.15) is 0 Å². The minimum atomic E-state index is -2.47. The lowest BCUT2D eigenvalue weighted by Crippen LogP contribution is -2.05. The summed E-state index contributed by atoms with van der Waals surface area (Å²) in [6.07, 6.45) is -4.38. The van der Waals surface area contributed by atoms with Crippen molar-refractivity contribution < 1.29 is 19.1 Å². The second kappa shape index (κ2) is 6.18. The monoisotopic (exact) mass is 228 g/mol. The average molecular weight is 228 g/mol. The van der Waals surface area contributed by atoms with Crippen LogP contribution >= 0.6 is 0 Å². The molecule has 1 rings (SSSR count). The number of hydrogen-bond acceptors (Lipinski definition) is 3. The summed E-state index contributed by atoms with van der Waals surface area (Å²) in [6.45, 7) is -1.27. The molecule has 0 saturated carbocycles. The molecular weight excluding hydrogens is 202 g/mol. The molecule has 16 heavy (non-hydrogen) atoms. The van der Waals surface area contributed by atoms with E-state index >= 15 is 0 Å². The van der Waals surface area contributed by atoms with Gasteiger partial charge in [0.25, 0.3) is 0 Å². The molecule has 3 nitrogen and oxygen atoms in total. The Hall–Kier alpha value is -1.48. The molecule has 0 aliphatic carbocycles. The molecular formula is C13H19NO2. The quantitative estimate of drug-likeness (QED) is 0.757. The molecule has 0 saturated heterocycles. The Morgan fingerprint density at radius 3 is 2.62 bits per heavy atom. The highest BCUT2D eigenvalue weighted by Crippen LogP contribution is 2.29. The zero-order valence-electron chi connectivity index (χ0n) is 16.3. The van der Waals surface area contributed by atoms with Gasteiger partial charge >= 0.3 is 0 Å². The van der Waals surface area contributed by atoms with Crippen molar-refractivity contribution in [2.45, 2.75) is 12.7 Å². The van der Waals surface area contributed by atoms with Gasteiger partial charge in [-0.25, -0.2) is 0 Å². The van der Waals surface area contributed by atoms with Gasteiger partial charge in [-0.15, -0.1) is 6.53 Å². The molecule has 0 fully saturated rings. The molecule has 0 aliphatic heterocycles. The highest BCUT2D eigenvalue weighted by molar-refractivity contribution is 5.47. The Morgan fingerprint density at radius 1 is 1.44 bits per heavy atom. The lowest BCUT2D eigenvalue weighted by atomic mass is 10.0. The van der Waals surface area contributed by atoms with Crippen molar-refractivity contribution in [1.29, 1.82) is 0 Å². The summed E-state index contributed by atoms with van der Waals surface area (Å²) >= 11 is 0. The molecule has 88 valence electrons. The largest absolute Gasteiger partial charge is 0.496 e. The summed E-state index contributed by atoms with van der Waals surface area (Å²) < 4.78 is 64.0. The zero-order chi connectivity index (χ0) is 18.0. The summed E-state index contributed by atoms with van der Waals surface area (Å²) in [6, 6.07) is 1.63. The molecule has 0 aromatic heterocycles. The fourth-order valence-corrected chi connectivity index (χ4v) is 1.31. The molecule has 3 heteroatoms. The van der Waals surface area contributed by atoms with E-state index in [4.69, 9.17) is 24.8 Å². The number of ether oxygens (including phenoxy) is 2. The summed E-state index contributed by atoms with van der Waals surface area (Å²) in [5, 5.41) is 0. The van der Waals surface area contributed by atoms with Gasteiger partial charge in [-0.3, -0.25) is 0 Å². The van der Waals surface area contributed by atoms with Gasteiger partial charge < -0.3 is 15.2 Å². The molecule has 2 N–H and O–H groups in total. The van der Waals surface area contributed by atoms with E-state index in [1.54, 1.807) is 0 Å². The van der Waals surface area contributed by atoms with E-state index in [-0.39, 0.29) is 29.2 Å². The van der Waals surface area contributed by atoms with Gasteiger partial charge in [0, 0.05) is 11.0 Å². The minimum Gasteiger partial charge on any atom is -0.496 e. The summed E-state index contributed by atoms with van der Waals surface area (Å²) in [5.41, 5.74) is 5.39. The van der Waals surface area contributed by atoms with Crippen LogP contribution < -0.4 is 15.2 Å². The fraction of sp³-hybridized carbons (Fsp3) is 0.385. The highest BCUT2D eigenvalue weighted by Gasteiger charge is 2.09. The van der Waals surface area contributed by atoms with Crippen LogP contribution in [-0.4, -0.2) is 20.8 Å². The maximum Gasteiger partial charge on any atom is 0.122 e. The van der Waals surface area contributed by atoms with Crippen molar-refractivity contribution in [3.63, 3.8) is 0 Å². The summed E-state index contributed by atoms with van der Waals surface area (Å²) in [4.78, 5) is 0. The summed E-state index contributed by atoms with van der Waals surface area (Å²) in [7, 11) is 2.58. The Morgan fingerprint density at radius 2 is 2.06 bits per heavy atom. The van der Waals surface area contributed by atoms with Crippen LogP contribution in [0.5, 0.6) is 11.5 Å². The van der Waals surface area contributed by atoms with Crippen molar-refractivity contribution in [3.05, 3.63) is 35.8 Å². The van der Waals surface area contributed by atoms with Crippen LogP contribution in [0.25, 0.3) is 0 Å². The first-order valence-electron chi connectivity index (χ1n) is 8.14. The van der Waals surface area contributed by atoms with Gasteiger partial charge in [-0.05, 0) is 37.0 Å². The van der Waals surface area contributed by atoms with Crippen molar-refractivity contribution in [1.82, 2.24) is 0 Å². The van der Waals surface area contributed by atoms with Crippen LogP contribution in [0.3, 0.4) is 0 Å². The number of allylic oxidation sites excluding steroid dienone is 1. The Balaban J connectivity index is 3.68. The third kappa shape index (κ3) is 2.76. The average Bonchev–Trinajstić information content (AvgIpc) is 2.52. The number of methoxy groups -OCH3 is 2. The molecule has 0 aliphatic rings. The van der Waals surface area contributed by atoms with E-state index in [9.17, 15) is 0 Å². The van der Waals surface area contributed by atoms with Crippen molar-refractivity contribution in [2.24, 2.45) is 5.73 Å². The number of benzene rings is 1. The maximum atomic E-state index is 8.02. The number of rotatable bonds is 6. The molecule has 0 spiro atoms. The van der Waals surface area contributed by atoms with Crippen LogP contribution in [0.15, 0.2) is 24.7 Å². The molecule has 0 radical (unpaired) electrons. The lowest BCUT2D eigenvalue weighted by molar-refractivity contribution is 0.395. The van der Waals surface area contributed by atoms with Gasteiger partial charge in [0.15, 0.2) is 0 Å². The SMILES string of the molecule is [2H]C([2H])=C([2H])C([2H])([2H])c1cc(OC)c(C([2H])([2H])CN)cc1OC. The second-order valence-electron chi connectivity index (χ2n) is 2.88. The van der Waals surface area contributed by atoms with E-state index in [0.29, 0.717) is 0 Å². The van der Waals surface area contributed by atoms with Crippen LogP contribution in [0, 0.1) is 0 Å². The molecule has 0 amide bonds. The van der Waals surface area contributed by atoms with E-state index in [0.717, 1.165) is 0 Å². The molecule has 0 unspecified atom stereocenters. The molecule has 1 aromatic carbocycles. The predicted molar refractivity (Wildman–Crippen MR) is 66.2 cm³/mol. The Bertz CT molecular complexity index is 613.